The Kier molecular flexibility index (Phi) is 17.1. The lowest BCUT2D eigenvalue weighted by atomic mass is 9.78. The second-order valence-electron chi connectivity index (χ2n) is 11.3. The Labute approximate surface area is 298 Å². The van der Waals surface area contributed by atoms with Gasteiger partial charge in [-0.1, -0.05) is 86.8 Å². The van der Waals surface area contributed by atoms with E-state index in [1.54, 1.807) is 12.1 Å². The highest BCUT2D eigenvalue weighted by molar-refractivity contribution is 7.86. The molecule has 0 N–H and O–H groups in total. The zero-order valence-electron chi connectivity index (χ0n) is 30.8. The van der Waals surface area contributed by atoms with Crippen LogP contribution in [0.5, 0.6) is 11.5 Å². The standard InChI is InChI=1S/C32H30F5NO3S.4C2H6/c33-22-10-13-24(14-11-22)42(40)31-17-18-38(30(39)20-5-2-1-3-6-20)28(31)16-9-21-19-23(12-15-25(21)31)41-29-26(32(35,36)37)7-4-8-27(29)34;4*1-2/h4,7-8,10-15,19-20,28H,1-3,5-6,9,16-18H2;4*1-2H3. The third-order valence-electron chi connectivity index (χ3n) is 8.95. The van der Waals surface area contributed by atoms with Crippen LogP contribution in [0.2, 0.25) is 0 Å². The molecule has 10 heteroatoms. The van der Waals surface area contributed by atoms with Crippen molar-refractivity contribution in [3.63, 3.8) is 0 Å². The molecule has 1 amide bonds. The number of carbonyl (C=O) groups is 1. The summed E-state index contributed by atoms with van der Waals surface area (Å²) in [6.07, 6.45) is 1.36. The van der Waals surface area contributed by atoms with Gasteiger partial charge in [0.1, 0.15) is 17.1 Å². The van der Waals surface area contributed by atoms with Crippen molar-refractivity contribution < 1.29 is 35.7 Å². The van der Waals surface area contributed by atoms with E-state index in [-0.39, 0.29) is 23.6 Å². The van der Waals surface area contributed by atoms with Gasteiger partial charge in [0.25, 0.3) is 0 Å². The fraction of sp³-hybridized carbons (Fsp3) is 0.525. The smallest absolute Gasteiger partial charge is 0.420 e. The summed E-state index contributed by atoms with van der Waals surface area (Å²) in [4.78, 5) is 16.1. The minimum absolute atomic E-state index is 0.0265. The molecule has 1 heterocycles. The van der Waals surface area contributed by atoms with Gasteiger partial charge in [0.05, 0.1) is 21.6 Å². The topological polar surface area (TPSA) is 46.6 Å². The summed E-state index contributed by atoms with van der Waals surface area (Å²) in [6, 6.07) is 12.5. The highest BCUT2D eigenvalue weighted by atomic mass is 32.2. The molecule has 0 radical (unpaired) electrons. The van der Waals surface area contributed by atoms with Crippen molar-refractivity contribution in [2.24, 2.45) is 5.92 Å². The van der Waals surface area contributed by atoms with Gasteiger partial charge in [-0.15, -0.1) is 0 Å². The summed E-state index contributed by atoms with van der Waals surface area (Å²) < 4.78 is 87.9. The van der Waals surface area contributed by atoms with Crippen molar-refractivity contribution in [2.75, 3.05) is 6.54 Å². The third kappa shape index (κ3) is 9.14. The first-order chi connectivity index (χ1) is 24.1. The Morgan fingerprint density at radius 3 is 2.06 bits per heavy atom. The second-order valence-corrected chi connectivity index (χ2v) is 13.1. The van der Waals surface area contributed by atoms with Gasteiger partial charge in [-0.05, 0) is 91.8 Å². The van der Waals surface area contributed by atoms with Gasteiger partial charge in [-0.2, -0.15) is 13.2 Å². The summed E-state index contributed by atoms with van der Waals surface area (Å²) in [7, 11) is -1.68. The number of hydrogen-bond acceptors (Lipinski definition) is 3. The van der Waals surface area contributed by atoms with E-state index in [0.717, 1.165) is 61.4 Å². The molecular weight excluding hydrogens is 670 g/mol. The summed E-state index contributed by atoms with van der Waals surface area (Å²) in [5.74, 6) is -2.45. The lowest BCUT2D eigenvalue weighted by Gasteiger charge is -2.43. The number of nitrogens with zero attached hydrogens (tertiary/aromatic N) is 1. The van der Waals surface area contributed by atoms with Gasteiger partial charge in [-0.3, -0.25) is 9.00 Å². The Balaban J connectivity index is 0.00000101. The van der Waals surface area contributed by atoms with Gasteiger partial charge >= 0.3 is 6.18 Å². The number of benzene rings is 3. The highest BCUT2D eigenvalue weighted by Crippen LogP contribution is 2.52. The number of carbonyl (C=O) groups excluding carboxylic acids is 1. The van der Waals surface area contributed by atoms with E-state index in [4.69, 9.17) is 4.74 Å². The van der Waals surface area contributed by atoms with Gasteiger partial charge in [0.2, 0.25) is 5.91 Å². The van der Waals surface area contributed by atoms with Crippen molar-refractivity contribution >= 4 is 16.7 Å². The summed E-state index contributed by atoms with van der Waals surface area (Å²) in [5, 5.41) is 0. The maximum Gasteiger partial charge on any atom is 0.420 e. The average Bonchev–Trinajstić information content (AvgIpc) is 3.56. The fourth-order valence-corrected chi connectivity index (χ4v) is 8.97. The normalized spacial score (nSPS) is 20.0. The maximum atomic E-state index is 14.5. The molecule has 3 aromatic rings. The quantitative estimate of drug-likeness (QED) is 0.246. The van der Waals surface area contributed by atoms with E-state index in [2.05, 4.69) is 0 Å². The van der Waals surface area contributed by atoms with Crippen molar-refractivity contribution in [2.45, 2.75) is 129 Å². The number of aryl methyl sites for hydroxylation is 1. The molecule has 0 spiro atoms. The molecule has 3 atom stereocenters. The molecule has 1 saturated carbocycles. The highest BCUT2D eigenvalue weighted by Gasteiger charge is 2.57. The summed E-state index contributed by atoms with van der Waals surface area (Å²) in [6.45, 7) is 16.4. The average molecular weight is 724 g/mol. The van der Waals surface area contributed by atoms with Crippen LogP contribution in [-0.2, 0) is 32.9 Å². The van der Waals surface area contributed by atoms with Crippen molar-refractivity contribution in [3.05, 3.63) is 89.0 Å². The molecule has 3 unspecified atom stereocenters. The molecule has 3 aliphatic rings. The van der Waals surface area contributed by atoms with Crippen LogP contribution in [0, 0.1) is 17.6 Å². The predicted octanol–water partition coefficient (Wildman–Crippen LogP) is 12.0. The van der Waals surface area contributed by atoms with Gasteiger partial charge < -0.3 is 9.64 Å². The van der Waals surface area contributed by atoms with E-state index >= 15 is 0 Å². The van der Waals surface area contributed by atoms with E-state index in [9.17, 15) is 31.0 Å². The van der Waals surface area contributed by atoms with Crippen molar-refractivity contribution in [3.8, 4) is 11.5 Å². The zero-order chi connectivity index (χ0) is 37.6. The number of likely N-dealkylation sites (tertiary alicyclic amines) is 1. The molecule has 4 nitrogen and oxygen atoms in total. The zero-order valence-corrected chi connectivity index (χ0v) is 31.6. The van der Waals surface area contributed by atoms with Crippen LogP contribution >= 0.6 is 0 Å². The fourth-order valence-electron chi connectivity index (χ4n) is 7.00. The van der Waals surface area contributed by atoms with E-state index in [0.29, 0.717) is 30.7 Å². The molecule has 6 rings (SSSR count). The van der Waals surface area contributed by atoms with E-state index < -0.39 is 44.7 Å². The Hall–Kier alpha value is -3.27. The molecule has 3 aromatic carbocycles. The van der Waals surface area contributed by atoms with Crippen LogP contribution in [0.4, 0.5) is 22.0 Å². The van der Waals surface area contributed by atoms with Gasteiger partial charge in [0.15, 0.2) is 11.6 Å². The number of alkyl halides is 3. The van der Waals surface area contributed by atoms with Gasteiger partial charge in [-0.25, -0.2) is 8.78 Å². The van der Waals surface area contributed by atoms with Crippen LogP contribution < -0.4 is 4.74 Å². The first kappa shape index (κ1) is 42.9. The number of amides is 1. The Morgan fingerprint density at radius 1 is 0.840 bits per heavy atom. The lowest BCUT2D eigenvalue weighted by molar-refractivity contribution is -0.139. The number of halogens is 5. The Bertz CT molecular complexity index is 1520. The van der Waals surface area contributed by atoms with Crippen molar-refractivity contribution in [1.82, 2.24) is 4.90 Å². The SMILES string of the molecule is CC.CC.CC.CC.O=C(C1CCCCC1)N1CCC2(S(=O)c3ccc(F)cc3)c3ccc(Oc4c(F)cccc4C(F)(F)F)cc3CCC12. The monoisotopic (exact) mass is 723 g/mol. The van der Waals surface area contributed by atoms with Crippen molar-refractivity contribution in [1.29, 1.82) is 0 Å². The van der Waals surface area contributed by atoms with Crippen LogP contribution in [0.3, 0.4) is 0 Å². The molecule has 2 fully saturated rings. The van der Waals surface area contributed by atoms with Gasteiger partial charge in [0, 0.05) is 17.4 Å². The number of para-hydroxylation sites is 1. The molecule has 1 saturated heterocycles. The molecule has 0 bridgehead atoms. The second kappa shape index (κ2) is 19.9. The molecule has 2 aliphatic carbocycles. The molecular formula is C40H54F5NO3S. The number of ether oxygens (including phenoxy) is 1. The van der Waals surface area contributed by atoms with Crippen LogP contribution in [0.25, 0.3) is 0 Å². The summed E-state index contributed by atoms with van der Waals surface area (Å²) in [5.41, 5.74) is 0.218. The molecule has 50 heavy (non-hydrogen) atoms. The number of hydrogen-bond donors (Lipinski definition) is 0. The molecule has 0 aromatic heterocycles. The first-order valence-electron chi connectivity index (χ1n) is 18.2. The summed E-state index contributed by atoms with van der Waals surface area (Å²) >= 11 is 0. The molecule has 1 aliphatic heterocycles. The number of fused-ring (bicyclic) bond motifs is 3. The first-order valence-corrected chi connectivity index (χ1v) is 19.4. The van der Waals surface area contributed by atoms with E-state index in [1.807, 2.05) is 60.3 Å². The van der Waals surface area contributed by atoms with E-state index in [1.165, 1.54) is 30.3 Å². The van der Waals surface area contributed by atoms with Crippen LogP contribution in [0.15, 0.2) is 65.6 Å². The lowest BCUT2D eigenvalue weighted by Crippen LogP contribution is -2.51. The minimum atomic E-state index is -4.81. The Morgan fingerprint density at radius 2 is 1.46 bits per heavy atom. The number of rotatable bonds is 5. The minimum Gasteiger partial charge on any atom is -0.454 e. The maximum absolute atomic E-state index is 14.5. The molecule has 278 valence electrons. The van der Waals surface area contributed by atoms with Crippen LogP contribution in [0.1, 0.15) is 117 Å². The third-order valence-corrected chi connectivity index (χ3v) is 11.0. The van der Waals surface area contributed by atoms with Crippen LogP contribution in [-0.4, -0.2) is 27.6 Å². The largest absolute Gasteiger partial charge is 0.454 e. The predicted molar refractivity (Wildman–Crippen MR) is 193 cm³/mol.